The van der Waals surface area contributed by atoms with E-state index in [2.05, 4.69) is 366 Å². The van der Waals surface area contributed by atoms with E-state index in [9.17, 15) is 0 Å². The summed E-state index contributed by atoms with van der Waals surface area (Å²) in [4.78, 5) is 5.36. The normalized spacial score (nSPS) is 13.9. The maximum Gasteiger partial charge on any atom is 0.252 e. The smallest absolute Gasteiger partial charge is 0.252 e. The molecule has 450 valence electrons. The molecule has 0 radical (unpaired) electrons. The first-order chi connectivity index (χ1) is 44.2. The van der Waals surface area contributed by atoms with Crippen molar-refractivity contribution in [3.63, 3.8) is 0 Å². The molecule has 0 atom stereocenters. The number of anilines is 6. The van der Waals surface area contributed by atoms with Crippen LogP contribution in [0.15, 0.2) is 273 Å². The first-order valence-corrected chi connectivity index (χ1v) is 33.1. The first kappa shape index (κ1) is 58.7. The van der Waals surface area contributed by atoms with Gasteiger partial charge in [-0.25, -0.2) is 0 Å². The fraction of sp³-hybridized carbons (Fsp3) is 0.191. The van der Waals surface area contributed by atoms with Crippen molar-refractivity contribution in [1.29, 1.82) is 0 Å². The van der Waals surface area contributed by atoms with Gasteiger partial charge in [-0.2, -0.15) is 0 Å². The van der Waals surface area contributed by atoms with Crippen LogP contribution in [-0.4, -0.2) is 6.71 Å². The third-order valence-electron chi connectivity index (χ3n) is 20.2. The first-order valence-electron chi connectivity index (χ1n) is 33.1. The molecule has 15 rings (SSSR count). The number of hydrogen-bond acceptors (Lipinski definition) is 2. The van der Waals surface area contributed by atoms with E-state index in [0.717, 1.165) is 22.5 Å². The Hall–Kier alpha value is -9.70. The highest BCUT2D eigenvalue weighted by atomic mass is 15.2. The van der Waals surface area contributed by atoms with Gasteiger partial charge in [0.15, 0.2) is 0 Å². The van der Waals surface area contributed by atoms with E-state index in [0.29, 0.717) is 0 Å². The average molecular weight is 1190 g/mol. The van der Waals surface area contributed by atoms with Gasteiger partial charge in [-0.3, -0.25) is 0 Å². The van der Waals surface area contributed by atoms with Crippen LogP contribution in [0.25, 0.3) is 55.6 Å². The highest BCUT2D eigenvalue weighted by Gasteiger charge is 2.50. The molecule has 0 unspecified atom stereocenters. The van der Waals surface area contributed by atoms with Gasteiger partial charge < -0.3 is 9.80 Å². The lowest BCUT2D eigenvalue weighted by Gasteiger charge is -2.47. The molecule has 0 fully saturated rings. The minimum Gasteiger partial charge on any atom is -0.311 e. The predicted octanol–water partition coefficient (Wildman–Crippen LogP) is 22.0. The zero-order valence-corrected chi connectivity index (χ0v) is 55.5. The van der Waals surface area contributed by atoms with Crippen LogP contribution in [-0.2, 0) is 27.1 Å². The van der Waals surface area contributed by atoms with E-state index in [1.807, 2.05) is 0 Å². The number of rotatable bonds is 8. The molecule has 2 heterocycles. The molecule has 0 spiro atoms. The van der Waals surface area contributed by atoms with Crippen molar-refractivity contribution in [2.45, 2.75) is 110 Å². The van der Waals surface area contributed by atoms with Crippen LogP contribution < -0.4 is 26.2 Å². The summed E-state index contributed by atoms with van der Waals surface area (Å²) in [5.41, 5.74) is 32.2. The Kier molecular flexibility index (Phi) is 13.9. The summed E-state index contributed by atoms with van der Waals surface area (Å²) < 4.78 is 0. The fourth-order valence-electron chi connectivity index (χ4n) is 15.2. The average Bonchev–Trinajstić information content (AvgIpc) is 1.12. The molecular weight excluding hydrogens is 1110 g/mol. The Morgan fingerprint density at radius 1 is 0.250 bits per heavy atom. The lowest BCUT2D eigenvalue weighted by atomic mass is 9.33. The molecule has 12 aromatic carbocycles. The van der Waals surface area contributed by atoms with Gasteiger partial charge in [0.2, 0.25) is 0 Å². The van der Waals surface area contributed by atoms with E-state index < -0.39 is 5.41 Å². The second-order valence-corrected chi connectivity index (χ2v) is 30.1. The van der Waals surface area contributed by atoms with Gasteiger partial charge in [0.25, 0.3) is 6.71 Å². The fourth-order valence-corrected chi connectivity index (χ4v) is 15.2. The Balaban J connectivity index is 1.11. The maximum atomic E-state index is 2.68. The Morgan fingerprint density at radius 3 is 0.978 bits per heavy atom. The summed E-state index contributed by atoms with van der Waals surface area (Å²) in [5, 5.41) is 0. The van der Waals surface area contributed by atoms with Gasteiger partial charge in [-0.1, -0.05) is 308 Å². The maximum absolute atomic E-state index is 2.68. The monoisotopic (exact) mass is 1190 g/mol. The predicted molar refractivity (Wildman–Crippen MR) is 394 cm³/mol. The highest BCUT2D eigenvalue weighted by molar-refractivity contribution is 7.00. The van der Waals surface area contributed by atoms with Gasteiger partial charge in [-0.15, -0.1) is 0 Å². The largest absolute Gasteiger partial charge is 0.311 e. The summed E-state index contributed by atoms with van der Waals surface area (Å²) in [6.07, 6.45) is 0. The van der Waals surface area contributed by atoms with Crippen LogP contribution >= 0.6 is 0 Å². The molecule has 3 heteroatoms. The molecule has 0 saturated carbocycles. The Morgan fingerprint density at radius 2 is 0.587 bits per heavy atom. The van der Waals surface area contributed by atoms with Crippen LogP contribution in [0.4, 0.5) is 34.1 Å². The molecule has 0 aromatic heterocycles. The van der Waals surface area contributed by atoms with Crippen molar-refractivity contribution >= 4 is 57.2 Å². The number of hydrogen-bond donors (Lipinski definition) is 0. The third-order valence-corrected chi connectivity index (χ3v) is 20.2. The Labute approximate surface area is 547 Å². The number of nitrogens with zero attached hydrogens (tertiary/aromatic N) is 2. The summed E-state index contributed by atoms with van der Waals surface area (Å²) in [5.74, 6) is 0. The molecule has 0 bridgehead atoms. The van der Waals surface area contributed by atoms with E-state index in [4.69, 9.17) is 0 Å². The molecule has 1 aliphatic carbocycles. The minimum absolute atomic E-state index is 0.0370. The minimum atomic E-state index is -0.726. The van der Waals surface area contributed by atoms with Gasteiger partial charge in [0.1, 0.15) is 0 Å². The topological polar surface area (TPSA) is 6.48 Å². The lowest BCUT2D eigenvalue weighted by molar-refractivity contribution is 0.590. The molecule has 2 nitrogen and oxygen atoms in total. The van der Waals surface area contributed by atoms with Gasteiger partial charge in [-0.05, 0) is 176 Å². The van der Waals surface area contributed by atoms with E-state index in [1.54, 1.807) is 0 Å². The summed E-state index contributed by atoms with van der Waals surface area (Å²) in [6, 6.07) is 105. The van der Waals surface area contributed by atoms with Crippen LogP contribution in [0.2, 0.25) is 0 Å². The second kappa shape index (κ2) is 21.7. The van der Waals surface area contributed by atoms with Crippen LogP contribution in [0.1, 0.15) is 128 Å². The molecule has 2 aliphatic heterocycles. The van der Waals surface area contributed by atoms with Crippen molar-refractivity contribution < 1.29 is 0 Å². The van der Waals surface area contributed by atoms with E-state index >= 15 is 0 Å². The van der Waals surface area contributed by atoms with E-state index in [1.165, 1.54) is 128 Å². The standard InChI is InChI=1S/C89H81BN2/c1-85(2,3)64-42-36-58(37-43-64)62-40-48-78(72(52-62)60-26-16-13-17-27-60)91-80-50-46-67(87(7,8)9)54-76(80)90-77-55-68(88(10,11)12)47-51-81(77)92(79-49-41-63(53-73(79)61-28-18-14-19-29-61)59-38-44-65(45-39-59)86(4,5)6)83-57-69(56-82(91)84(83)90)89(66-30-20-15-21-31-66)74-34-24-22-32-70(74)71-33-23-25-35-75(71)89/h13-57H,1-12H3. The van der Waals surface area contributed by atoms with Crippen molar-refractivity contribution in [2.24, 2.45) is 0 Å². The number of fused-ring (bicyclic) bond motifs is 7. The van der Waals surface area contributed by atoms with Crippen LogP contribution in [0, 0.1) is 0 Å². The quantitative estimate of drug-likeness (QED) is 0.140. The third kappa shape index (κ3) is 9.69. The molecule has 0 amide bonds. The Bertz CT molecular complexity index is 4540. The molecule has 92 heavy (non-hydrogen) atoms. The SMILES string of the molecule is CC(C)(C)c1ccc(-c2ccc(N3c4ccc(C(C)(C)C)cc4B4c5cc(C(C)(C)C)ccc5N(c5ccc(-c6ccc(C(C)(C)C)cc6)cc5-c5ccccc5)c5cc(C6(c7ccccc7)c7ccccc7-c7ccccc76)cc3c54)c(-c3ccccc3)c2)cc1. The van der Waals surface area contributed by atoms with Gasteiger partial charge in [0, 0.05) is 33.9 Å². The molecule has 0 N–H and O–H groups in total. The number of benzene rings is 12. The van der Waals surface area contributed by atoms with Gasteiger partial charge in [0.05, 0.1) is 16.8 Å². The molecule has 0 saturated heterocycles. The van der Waals surface area contributed by atoms with Gasteiger partial charge >= 0.3 is 0 Å². The van der Waals surface area contributed by atoms with Crippen LogP contribution in [0.3, 0.4) is 0 Å². The van der Waals surface area contributed by atoms with Crippen molar-refractivity contribution in [3.05, 3.63) is 317 Å². The zero-order valence-electron chi connectivity index (χ0n) is 55.5. The molecule has 12 aromatic rings. The van der Waals surface area contributed by atoms with Crippen molar-refractivity contribution in [3.8, 4) is 55.6 Å². The molecule has 3 aliphatic rings. The summed E-state index contributed by atoms with van der Waals surface area (Å²) in [7, 11) is 0. The molecular formula is C89H81BN2. The van der Waals surface area contributed by atoms with Crippen LogP contribution in [0.5, 0.6) is 0 Å². The summed E-state index contributed by atoms with van der Waals surface area (Å²) in [6.45, 7) is 27.8. The van der Waals surface area contributed by atoms with Crippen molar-refractivity contribution in [1.82, 2.24) is 0 Å². The van der Waals surface area contributed by atoms with Crippen molar-refractivity contribution in [2.75, 3.05) is 9.80 Å². The lowest BCUT2D eigenvalue weighted by Crippen LogP contribution is -2.62. The van der Waals surface area contributed by atoms with E-state index in [-0.39, 0.29) is 28.4 Å². The zero-order chi connectivity index (χ0) is 63.6. The summed E-state index contributed by atoms with van der Waals surface area (Å²) >= 11 is 0. The second-order valence-electron chi connectivity index (χ2n) is 30.1. The highest BCUT2D eigenvalue weighted by Crippen LogP contribution is 2.59.